The highest BCUT2D eigenvalue weighted by atomic mass is 35.5. The van der Waals surface area contributed by atoms with Gasteiger partial charge in [-0.25, -0.2) is 14.5 Å². The minimum Gasteiger partial charge on any atom is -0.467 e. The zero-order valence-corrected chi connectivity index (χ0v) is 19.5. The zero-order valence-electron chi connectivity index (χ0n) is 18.8. The largest absolute Gasteiger partial charge is 0.467 e. The minimum absolute atomic E-state index is 0.0217. The van der Waals surface area contributed by atoms with Gasteiger partial charge < -0.3 is 19.4 Å². The number of urea groups is 1. The minimum atomic E-state index is -1.04. The van der Waals surface area contributed by atoms with Crippen LogP contribution in [0.25, 0.3) is 0 Å². The molecule has 1 saturated heterocycles. The van der Waals surface area contributed by atoms with E-state index in [-0.39, 0.29) is 19.6 Å². The molecule has 1 fully saturated rings. The third kappa shape index (κ3) is 5.36. The molecule has 1 aliphatic rings. The standard InChI is InChI=1S/C25H22ClN3O6/c1-2-34-24(32)16-5-9-18(10-6-16)27-22(30)14-21-23(31)29(19-11-7-17(26)8-12-19)25(33)28(21)15-20-4-3-13-35-20/h3-13,21H,2,14-15H2,1H3,(H,27,30)/t21-/m1/s1. The van der Waals surface area contributed by atoms with Crippen LogP contribution < -0.4 is 10.2 Å². The molecular formula is C25H22ClN3O6. The molecule has 0 radical (unpaired) electrons. The van der Waals surface area contributed by atoms with Gasteiger partial charge in [-0.05, 0) is 67.6 Å². The number of nitrogens with one attached hydrogen (secondary N) is 1. The van der Waals surface area contributed by atoms with Gasteiger partial charge in [-0.3, -0.25) is 9.59 Å². The van der Waals surface area contributed by atoms with E-state index in [2.05, 4.69) is 5.32 Å². The molecule has 0 spiro atoms. The number of benzene rings is 2. The summed E-state index contributed by atoms with van der Waals surface area (Å²) in [5.41, 5.74) is 1.14. The molecule has 0 aliphatic carbocycles. The van der Waals surface area contributed by atoms with Gasteiger partial charge in [0, 0.05) is 10.7 Å². The number of amides is 4. The molecule has 1 atom stereocenters. The molecule has 180 valence electrons. The number of halogens is 1. The molecule has 2 heterocycles. The average Bonchev–Trinajstić information content (AvgIpc) is 3.43. The Hall–Kier alpha value is -4.11. The highest BCUT2D eigenvalue weighted by molar-refractivity contribution is 6.30. The summed E-state index contributed by atoms with van der Waals surface area (Å²) in [5.74, 6) is -0.987. The monoisotopic (exact) mass is 495 g/mol. The summed E-state index contributed by atoms with van der Waals surface area (Å²) < 4.78 is 10.3. The predicted molar refractivity (Wildman–Crippen MR) is 128 cm³/mol. The fourth-order valence-electron chi connectivity index (χ4n) is 3.70. The third-order valence-corrected chi connectivity index (χ3v) is 5.62. The average molecular weight is 496 g/mol. The van der Waals surface area contributed by atoms with Crippen LogP contribution in [0.15, 0.2) is 71.3 Å². The molecule has 9 nitrogen and oxygen atoms in total. The van der Waals surface area contributed by atoms with Gasteiger partial charge >= 0.3 is 12.0 Å². The Labute approximate surface area is 206 Å². The number of carbonyl (C=O) groups is 4. The second-order valence-electron chi connectivity index (χ2n) is 7.71. The zero-order chi connectivity index (χ0) is 24.9. The van der Waals surface area contributed by atoms with Crippen LogP contribution in [0.5, 0.6) is 0 Å². The molecule has 0 unspecified atom stereocenters. The third-order valence-electron chi connectivity index (χ3n) is 5.37. The second-order valence-corrected chi connectivity index (χ2v) is 8.14. The van der Waals surface area contributed by atoms with Crippen molar-refractivity contribution >= 4 is 46.8 Å². The maximum atomic E-state index is 13.3. The number of hydrogen-bond donors (Lipinski definition) is 1. The van der Waals surface area contributed by atoms with Crippen LogP contribution in [0.2, 0.25) is 5.02 Å². The van der Waals surface area contributed by atoms with Gasteiger partial charge in [0.25, 0.3) is 5.91 Å². The maximum Gasteiger partial charge on any atom is 0.338 e. The summed E-state index contributed by atoms with van der Waals surface area (Å²) in [6.07, 6.45) is 1.20. The van der Waals surface area contributed by atoms with Crippen LogP contribution >= 0.6 is 11.6 Å². The number of imide groups is 1. The Morgan fingerprint density at radius 2 is 1.77 bits per heavy atom. The van der Waals surface area contributed by atoms with Crippen molar-refractivity contribution in [3.63, 3.8) is 0 Å². The van der Waals surface area contributed by atoms with Crippen molar-refractivity contribution in [2.24, 2.45) is 0 Å². The first-order valence-electron chi connectivity index (χ1n) is 10.9. The van der Waals surface area contributed by atoms with Crippen molar-refractivity contribution in [3.05, 3.63) is 83.3 Å². The number of anilines is 2. The normalized spacial score (nSPS) is 15.4. The van der Waals surface area contributed by atoms with E-state index in [1.807, 2.05) is 0 Å². The van der Waals surface area contributed by atoms with Crippen molar-refractivity contribution in [1.82, 2.24) is 4.90 Å². The molecule has 0 saturated carbocycles. The first-order chi connectivity index (χ1) is 16.9. The first kappa shape index (κ1) is 24.0. The summed E-state index contributed by atoms with van der Waals surface area (Å²) in [6.45, 7) is 1.99. The van der Waals surface area contributed by atoms with Crippen LogP contribution in [-0.4, -0.2) is 41.4 Å². The molecule has 10 heteroatoms. The van der Waals surface area contributed by atoms with E-state index < -0.39 is 29.9 Å². The Morgan fingerprint density at radius 1 is 1.06 bits per heavy atom. The Kier molecular flexibility index (Phi) is 7.17. The molecule has 1 N–H and O–H groups in total. The number of ether oxygens (including phenoxy) is 1. The molecule has 4 amide bonds. The smallest absolute Gasteiger partial charge is 0.338 e. The number of carbonyl (C=O) groups excluding carboxylic acids is 4. The fourth-order valence-corrected chi connectivity index (χ4v) is 3.83. The lowest BCUT2D eigenvalue weighted by Crippen LogP contribution is -2.37. The Bertz CT molecular complexity index is 1230. The second kappa shape index (κ2) is 10.4. The maximum absolute atomic E-state index is 13.3. The van der Waals surface area contributed by atoms with Gasteiger partial charge in [0.15, 0.2) is 0 Å². The van der Waals surface area contributed by atoms with Gasteiger partial charge in [0.1, 0.15) is 11.8 Å². The van der Waals surface area contributed by atoms with E-state index in [0.717, 1.165) is 4.90 Å². The Balaban J connectivity index is 1.51. The summed E-state index contributed by atoms with van der Waals surface area (Å²) in [7, 11) is 0. The quantitative estimate of drug-likeness (QED) is 0.364. The van der Waals surface area contributed by atoms with Crippen molar-refractivity contribution in [1.29, 1.82) is 0 Å². The number of esters is 1. The lowest BCUT2D eigenvalue weighted by atomic mass is 10.1. The summed E-state index contributed by atoms with van der Waals surface area (Å²) in [6, 6.07) is 14.2. The van der Waals surface area contributed by atoms with Crippen LogP contribution in [-0.2, 0) is 20.9 Å². The summed E-state index contributed by atoms with van der Waals surface area (Å²) in [5, 5.41) is 3.17. The van der Waals surface area contributed by atoms with Gasteiger partial charge in [0.2, 0.25) is 5.91 Å². The van der Waals surface area contributed by atoms with E-state index in [1.54, 1.807) is 55.5 Å². The topological polar surface area (TPSA) is 109 Å². The highest BCUT2D eigenvalue weighted by Gasteiger charge is 2.47. The van der Waals surface area contributed by atoms with Gasteiger partial charge in [-0.2, -0.15) is 0 Å². The number of nitrogens with zero attached hydrogens (tertiary/aromatic N) is 2. The van der Waals surface area contributed by atoms with Crippen molar-refractivity contribution < 1.29 is 28.3 Å². The SMILES string of the molecule is CCOC(=O)c1ccc(NC(=O)C[C@@H]2C(=O)N(c3ccc(Cl)cc3)C(=O)N2Cc2ccco2)cc1. The van der Waals surface area contributed by atoms with E-state index in [9.17, 15) is 19.2 Å². The van der Waals surface area contributed by atoms with Gasteiger partial charge in [-0.15, -0.1) is 0 Å². The van der Waals surface area contributed by atoms with Gasteiger partial charge in [-0.1, -0.05) is 11.6 Å². The first-order valence-corrected chi connectivity index (χ1v) is 11.2. The number of hydrogen-bond acceptors (Lipinski definition) is 6. The van der Waals surface area contributed by atoms with Gasteiger partial charge in [0.05, 0.1) is 37.1 Å². The number of rotatable bonds is 8. The van der Waals surface area contributed by atoms with Crippen molar-refractivity contribution in [2.45, 2.75) is 25.9 Å². The highest BCUT2D eigenvalue weighted by Crippen LogP contribution is 2.29. The van der Waals surface area contributed by atoms with Crippen molar-refractivity contribution in [2.75, 3.05) is 16.8 Å². The molecule has 35 heavy (non-hydrogen) atoms. The van der Waals surface area contributed by atoms with Crippen molar-refractivity contribution in [3.8, 4) is 0 Å². The van der Waals surface area contributed by atoms with Crippen LogP contribution in [0, 0.1) is 0 Å². The van der Waals surface area contributed by atoms with Crippen LogP contribution in [0.1, 0.15) is 29.5 Å². The molecule has 1 aromatic heterocycles. The van der Waals surface area contributed by atoms with E-state index in [1.165, 1.54) is 23.3 Å². The predicted octanol–water partition coefficient (Wildman–Crippen LogP) is 4.48. The summed E-state index contributed by atoms with van der Waals surface area (Å²) in [4.78, 5) is 53.5. The Morgan fingerprint density at radius 3 is 2.40 bits per heavy atom. The van der Waals surface area contributed by atoms with E-state index in [0.29, 0.717) is 27.7 Å². The fraction of sp³-hybridized carbons (Fsp3) is 0.200. The van der Waals surface area contributed by atoms with E-state index >= 15 is 0 Å². The molecule has 4 rings (SSSR count). The molecule has 1 aliphatic heterocycles. The number of furan rings is 1. The lowest BCUT2D eigenvalue weighted by molar-refractivity contribution is -0.124. The van der Waals surface area contributed by atoms with E-state index in [4.69, 9.17) is 20.8 Å². The lowest BCUT2D eigenvalue weighted by Gasteiger charge is -2.20. The molecule has 2 aromatic carbocycles. The molecule has 3 aromatic rings. The van der Waals surface area contributed by atoms with Crippen LogP contribution in [0.4, 0.5) is 16.2 Å². The summed E-state index contributed by atoms with van der Waals surface area (Å²) >= 11 is 5.94. The molecular weight excluding hydrogens is 474 g/mol. The van der Waals surface area contributed by atoms with Crippen LogP contribution in [0.3, 0.4) is 0 Å². The molecule has 0 bridgehead atoms.